The van der Waals surface area contributed by atoms with E-state index in [0.29, 0.717) is 27.8 Å². The van der Waals surface area contributed by atoms with E-state index in [0.717, 1.165) is 0 Å². The summed E-state index contributed by atoms with van der Waals surface area (Å²) >= 11 is 5.86. The van der Waals surface area contributed by atoms with Gasteiger partial charge in [-0.05, 0) is 30.3 Å². The van der Waals surface area contributed by atoms with E-state index in [9.17, 15) is 4.79 Å². The zero-order valence-electron chi connectivity index (χ0n) is 10.2. The van der Waals surface area contributed by atoms with E-state index in [1.165, 1.54) is 13.2 Å². The lowest BCUT2D eigenvalue weighted by molar-refractivity contribution is 0.102. The molecular weight excluding hydrogens is 266 g/mol. The Morgan fingerprint density at radius 3 is 2.89 bits per heavy atom. The molecule has 0 unspecified atom stereocenters. The number of aromatic nitrogens is 1. The molecule has 0 aliphatic rings. The first kappa shape index (κ1) is 13.2. The number of rotatable bonds is 3. The number of carbonyl (C=O) groups is 1. The normalized spacial score (nSPS) is 10.0. The van der Waals surface area contributed by atoms with Crippen LogP contribution in [0.4, 0.5) is 11.4 Å². The van der Waals surface area contributed by atoms with Gasteiger partial charge in [0, 0.05) is 22.5 Å². The first-order valence-corrected chi connectivity index (χ1v) is 5.84. The molecule has 0 saturated heterocycles. The highest BCUT2D eigenvalue weighted by atomic mass is 35.5. The summed E-state index contributed by atoms with van der Waals surface area (Å²) in [5.41, 5.74) is 6.92. The largest absolute Gasteiger partial charge is 0.480 e. The molecule has 2 rings (SSSR count). The number of anilines is 2. The molecule has 0 spiro atoms. The van der Waals surface area contributed by atoms with Crippen molar-refractivity contribution in [1.82, 2.24) is 4.98 Å². The second kappa shape index (κ2) is 5.58. The predicted octanol–water partition coefficient (Wildman–Crippen LogP) is 2.58. The van der Waals surface area contributed by atoms with E-state index in [1.807, 2.05) is 0 Å². The van der Waals surface area contributed by atoms with Crippen molar-refractivity contribution in [3.8, 4) is 5.88 Å². The topological polar surface area (TPSA) is 77.2 Å². The molecule has 0 aliphatic heterocycles. The van der Waals surface area contributed by atoms with Gasteiger partial charge in [0.1, 0.15) is 5.69 Å². The van der Waals surface area contributed by atoms with Gasteiger partial charge in [-0.15, -0.1) is 0 Å². The minimum Gasteiger partial charge on any atom is -0.480 e. The standard InChI is InChI=1S/C13H12ClN3O2/c1-19-13-11(3-2-4-16-13)17-12(18)8-5-9(14)7-10(15)6-8/h2-7H,15H2,1H3,(H,17,18). The monoisotopic (exact) mass is 277 g/mol. The van der Waals surface area contributed by atoms with E-state index in [4.69, 9.17) is 22.1 Å². The zero-order valence-corrected chi connectivity index (χ0v) is 10.9. The SMILES string of the molecule is COc1ncccc1NC(=O)c1cc(N)cc(Cl)c1. The molecule has 0 atom stereocenters. The maximum atomic E-state index is 12.1. The number of hydrogen-bond acceptors (Lipinski definition) is 4. The Balaban J connectivity index is 2.25. The number of nitrogens with zero attached hydrogens (tertiary/aromatic N) is 1. The molecule has 19 heavy (non-hydrogen) atoms. The summed E-state index contributed by atoms with van der Waals surface area (Å²) in [6.07, 6.45) is 1.58. The van der Waals surface area contributed by atoms with Crippen LogP contribution in [0.2, 0.25) is 5.02 Å². The van der Waals surface area contributed by atoms with Crippen LogP contribution in [0, 0.1) is 0 Å². The third-order valence-electron chi connectivity index (χ3n) is 2.40. The molecule has 0 aliphatic carbocycles. The Morgan fingerprint density at radius 1 is 1.42 bits per heavy atom. The fourth-order valence-corrected chi connectivity index (χ4v) is 1.83. The summed E-state index contributed by atoms with van der Waals surface area (Å²) in [4.78, 5) is 16.1. The molecule has 1 heterocycles. The number of nitrogens with two attached hydrogens (primary N) is 1. The van der Waals surface area contributed by atoms with Gasteiger partial charge >= 0.3 is 0 Å². The Morgan fingerprint density at radius 2 is 2.21 bits per heavy atom. The van der Waals surface area contributed by atoms with Crippen LogP contribution in [0.3, 0.4) is 0 Å². The Kier molecular flexibility index (Phi) is 3.87. The Bertz CT molecular complexity index is 596. The fourth-order valence-electron chi connectivity index (χ4n) is 1.59. The number of hydrogen-bond donors (Lipinski definition) is 2. The van der Waals surface area contributed by atoms with Gasteiger partial charge < -0.3 is 15.8 Å². The number of nitrogens with one attached hydrogen (secondary N) is 1. The van der Waals surface area contributed by atoms with Crippen LogP contribution in [0.25, 0.3) is 0 Å². The van der Waals surface area contributed by atoms with E-state index < -0.39 is 0 Å². The number of nitrogen functional groups attached to an aromatic ring is 1. The summed E-state index contributed by atoms with van der Waals surface area (Å²) in [6.45, 7) is 0. The van der Waals surface area contributed by atoms with Crippen molar-refractivity contribution in [3.05, 3.63) is 47.1 Å². The molecule has 1 amide bonds. The number of amides is 1. The van der Waals surface area contributed by atoms with Gasteiger partial charge in [0.15, 0.2) is 0 Å². The summed E-state index contributed by atoms with van der Waals surface area (Å²) in [5, 5.41) is 3.10. The third-order valence-corrected chi connectivity index (χ3v) is 2.61. The molecule has 0 bridgehead atoms. The first-order valence-electron chi connectivity index (χ1n) is 5.46. The van der Waals surface area contributed by atoms with Gasteiger partial charge in [0.05, 0.1) is 7.11 Å². The molecule has 0 saturated carbocycles. The predicted molar refractivity (Wildman–Crippen MR) is 74.6 cm³/mol. The number of methoxy groups -OCH3 is 1. The highest BCUT2D eigenvalue weighted by molar-refractivity contribution is 6.31. The molecule has 1 aromatic carbocycles. The second-order valence-corrected chi connectivity index (χ2v) is 4.22. The lowest BCUT2D eigenvalue weighted by Gasteiger charge is -2.09. The Labute approximate surface area is 115 Å². The highest BCUT2D eigenvalue weighted by Gasteiger charge is 2.11. The van der Waals surface area contributed by atoms with Crippen LogP contribution in [0.1, 0.15) is 10.4 Å². The minimum absolute atomic E-state index is 0.333. The van der Waals surface area contributed by atoms with Gasteiger partial charge in [-0.3, -0.25) is 4.79 Å². The zero-order chi connectivity index (χ0) is 13.8. The molecule has 98 valence electrons. The maximum Gasteiger partial charge on any atom is 0.255 e. The van der Waals surface area contributed by atoms with Crippen LogP contribution in [0.15, 0.2) is 36.5 Å². The van der Waals surface area contributed by atoms with Crippen molar-refractivity contribution in [2.75, 3.05) is 18.2 Å². The second-order valence-electron chi connectivity index (χ2n) is 3.79. The van der Waals surface area contributed by atoms with Crippen molar-refractivity contribution in [3.63, 3.8) is 0 Å². The number of halogens is 1. The molecule has 3 N–H and O–H groups in total. The van der Waals surface area contributed by atoms with Crippen molar-refractivity contribution in [2.24, 2.45) is 0 Å². The van der Waals surface area contributed by atoms with Crippen LogP contribution < -0.4 is 15.8 Å². The Hall–Kier alpha value is -2.27. The molecule has 0 radical (unpaired) electrons. The smallest absolute Gasteiger partial charge is 0.255 e. The van der Waals surface area contributed by atoms with E-state index >= 15 is 0 Å². The first-order chi connectivity index (χ1) is 9.10. The summed E-state index contributed by atoms with van der Waals surface area (Å²) in [5.74, 6) is 0.00588. The summed E-state index contributed by atoms with van der Waals surface area (Å²) in [6, 6.07) is 8.05. The quantitative estimate of drug-likeness (QED) is 0.846. The third kappa shape index (κ3) is 3.14. The van der Waals surface area contributed by atoms with Crippen LogP contribution in [-0.2, 0) is 0 Å². The van der Waals surface area contributed by atoms with Gasteiger partial charge in [-0.25, -0.2) is 4.98 Å². The number of pyridine rings is 1. The molecule has 5 nitrogen and oxygen atoms in total. The molecule has 2 aromatic rings. The molecule has 0 fully saturated rings. The van der Waals surface area contributed by atoms with Crippen LogP contribution in [-0.4, -0.2) is 18.0 Å². The van der Waals surface area contributed by atoms with Crippen molar-refractivity contribution < 1.29 is 9.53 Å². The van der Waals surface area contributed by atoms with Crippen molar-refractivity contribution in [1.29, 1.82) is 0 Å². The van der Waals surface area contributed by atoms with E-state index in [-0.39, 0.29) is 5.91 Å². The molecule has 6 heteroatoms. The average molecular weight is 278 g/mol. The number of carbonyl (C=O) groups excluding carboxylic acids is 1. The van der Waals surface area contributed by atoms with Gasteiger partial charge in [0.25, 0.3) is 5.91 Å². The van der Waals surface area contributed by atoms with Crippen LogP contribution in [0.5, 0.6) is 5.88 Å². The lowest BCUT2D eigenvalue weighted by Crippen LogP contribution is -2.13. The highest BCUT2D eigenvalue weighted by Crippen LogP contribution is 2.22. The minimum atomic E-state index is -0.333. The van der Waals surface area contributed by atoms with Gasteiger partial charge in [-0.2, -0.15) is 0 Å². The van der Waals surface area contributed by atoms with Crippen molar-refractivity contribution >= 4 is 28.9 Å². The van der Waals surface area contributed by atoms with E-state index in [2.05, 4.69) is 10.3 Å². The lowest BCUT2D eigenvalue weighted by atomic mass is 10.2. The molecular formula is C13H12ClN3O2. The fraction of sp³-hybridized carbons (Fsp3) is 0.0769. The van der Waals surface area contributed by atoms with Crippen LogP contribution >= 0.6 is 11.6 Å². The van der Waals surface area contributed by atoms with E-state index in [1.54, 1.807) is 30.5 Å². The molecule has 1 aromatic heterocycles. The maximum absolute atomic E-state index is 12.1. The van der Waals surface area contributed by atoms with Crippen molar-refractivity contribution in [2.45, 2.75) is 0 Å². The van der Waals surface area contributed by atoms with Gasteiger partial charge in [0.2, 0.25) is 5.88 Å². The van der Waals surface area contributed by atoms with Gasteiger partial charge in [-0.1, -0.05) is 11.6 Å². The summed E-state index contributed by atoms with van der Waals surface area (Å²) < 4.78 is 5.05. The number of ether oxygens (including phenoxy) is 1. The summed E-state index contributed by atoms with van der Waals surface area (Å²) in [7, 11) is 1.48. The number of benzene rings is 1. The average Bonchev–Trinajstić information content (AvgIpc) is 2.38.